The number of nitrogens with zero attached hydrogens (tertiary/aromatic N) is 4. The number of piperidine rings is 1. The summed E-state index contributed by atoms with van der Waals surface area (Å²) in [5.74, 6) is -0.201. The van der Waals surface area contributed by atoms with Gasteiger partial charge >= 0.3 is 0 Å². The van der Waals surface area contributed by atoms with E-state index in [0.29, 0.717) is 6.54 Å². The van der Waals surface area contributed by atoms with Gasteiger partial charge in [0.15, 0.2) is 0 Å². The lowest BCUT2D eigenvalue weighted by Gasteiger charge is -2.30. The number of amides is 1. The predicted octanol–water partition coefficient (Wildman–Crippen LogP) is 0.884. The van der Waals surface area contributed by atoms with Crippen LogP contribution >= 0.6 is 0 Å². The molecule has 0 aliphatic carbocycles. The molecule has 84 valence electrons. The third kappa shape index (κ3) is 4.18. The quantitative estimate of drug-likeness (QED) is 0.316. The monoisotopic (exact) mass is 211 g/mol. The summed E-state index contributed by atoms with van der Waals surface area (Å²) in [6.07, 6.45) is 2.77. The molecular weight excluding hydrogens is 194 g/mol. The summed E-state index contributed by atoms with van der Waals surface area (Å²) in [6, 6.07) is 0. The van der Waals surface area contributed by atoms with Crippen molar-refractivity contribution < 1.29 is 4.79 Å². The van der Waals surface area contributed by atoms with E-state index in [1.807, 2.05) is 0 Å². The molecule has 1 unspecified atom stereocenters. The normalized spacial score (nSPS) is 22.0. The van der Waals surface area contributed by atoms with Crippen LogP contribution in [-0.4, -0.2) is 37.0 Å². The minimum absolute atomic E-state index is 0.00165. The molecule has 1 saturated heterocycles. The number of azide groups is 1. The maximum Gasteiger partial charge on any atom is 0.221 e. The minimum atomic E-state index is -0.199. The third-order valence-corrected chi connectivity index (χ3v) is 2.70. The Balaban J connectivity index is 2.24. The number of likely N-dealkylation sites (tertiary alicyclic amines) is 1. The molecule has 0 spiro atoms. The van der Waals surface area contributed by atoms with Crippen molar-refractivity contribution in [2.24, 2.45) is 16.8 Å². The average molecular weight is 211 g/mol. The number of hydrogen-bond donors (Lipinski definition) is 1. The number of nitrogens with two attached hydrogens (primary N) is 1. The number of primary amides is 1. The van der Waals surface area contributed by atoms with E-state index in [0.717, 1.165) is 38.9 Å². The highest BCUT2D eigenvalue weighted by Gasteiger charge is 2.23. The van der Waals surface area contributed by atoms with Crippen LogP contribution in [0.1, 0.15) is 19.3 Å². The van der Waals surface area contributed by atoms with Gasteiger partial charge in [-0.25, -0.2) is 0 Å². The lowest BCUT2D eigenvalue weighted by molar-refractivity contribution is -0.123. The molecule has 1 rings (SSSR count). The zero-order chi connectivity index (χ0) is 11.1. The summed E-state index contributed by atoms with van der Waals surface area (Å²) in [5, 5.41) is 3.47. The Kier molecular flexibility index (Phi) is 4.93. The van der Waals surface area contributed by atoms with E-state index in [2.05, 4.69) is 14.9 Å². The van der Waals surface area contributed by atoms with Gasteiger partial charge in [0.2, 0.25) is 5.91 Å². The largest absolute Gasteiger partial charge is 0.369 e. The smallest absolute Gasteiger partial charge is 0.221 e. The Morgan fingerprint density at radius 2 is 2.47 bits per heavy atom. The molecule has 15 heavy (non-hydrogen) atoms. The van der Waals surface area contributed by atoms with Crippen LogP contribution in [-0.2, 0) is 4.79 Å². The van der Waals surface area contributed by atoms with Gasteiger partial charge in [-0.15, -0.1) is 0 Å². The van der Waals surface area contributed by atoms with Crippen molar-refractivity contribution in [1.82, 2.24) is 4.90 Å². The second-order valence-corrected chi connectivity index (χ2v) is 3.85. The van der Waals surface area contributed by atoms with Crippen LogP contribution in [0.15, 0.2) is 5.11 Å². The van der Waals surface area contributed by atoms with E-state index in [1.54, 1.807) is 0 Å². The van der Waals surface area contributed by atoms with E-state index < -0.39 is 0 Å². The van der Waals surface area contributed by atoms with Crippen LogP contribution in [0.5, 0.6) is 0 Å². The standard InChI is InChI=1S/C9H17N5O/c10-9(15)8-3-1-5-14(7-8)6-2-4-12-13-11/h8H,1-7H2,(H2,10,15). The second kappa shape index (κ2) is 6.27. The summed E-state index contributed by atoms with van der Waals surface area (Å²) in [4.78, 5) is 15.9. The molecule has 1 amide bonds. The topological polar surface area (TPSA) is 95.1 Å². The summed E-state index contributed by atoms with van der Waals surface area (Å²) < 4.78 is 0. The van der Waals surface area contributed by atoms with Crippen LogP contribution < -0.4 is 5.73 Å². The van der Waals surface area contributed by atoms with E-state index >= 15 is 0 Å². The zero-order valence-electron chi connectivity index (χ0n) is 8.80. The van der Waals surface area contributed by atoms with Crippen molar-refractivity contribution >= 4 is 5.91 Å². The minimum Gasteiger partial charge on any atom is -0.369 e. The summed E-state index contributed by atoms with van der Waals surface area (Å²) in [5.41, 5.74) is 13.4. The van der Waals surface area contributed by atoms with Crippen LogP contribution in [0.25, 0.3) is 10.4 Å². The second-order valence-electron chi connectivity index (χ2n) is 3.85. The molecule has 0 aromatic heterocycles. The highest BCUT2D eigenvalue weighted by Crippen LogP contribution is 2.15. The lowest BCUT2D eigenvalue weighted by Crippen LogP contribution is -2.41. The SMILES string of the molecule is [N-]=[N+]=NCCCN1CCCC(C(N)=O)C1. The van der Waals surface area contributed by atoms with Crippen molar-refractivity contribution in [2.75, 3.05) is 26.2 Å². The first-order chi connectivity index (χ1) is 7.24. The molecule has 2 N–H and O–H groups in total. The van der Waals surface area contributed by atoms with E-state index in [9.17, 15) is 4.79 Å². The fraction of sp³-hybridized carbons (Fsp3) is 0.889. The molecule has 0 aromatic carbocycles. The van der Waals surface area contributed by atoms with E-state index in [4.69, 9.17) is 11.3 Å². The first-order valence-corrected chi connectivity index (χ1v) is 5.26. The summed E-state index contributed by atoms with van der Waals surface area (Å²) in [7, 11) is 0. The van der Waals surface area contributed by atoms with Crippen LogP contribution in [0.4, 0.5) is 0 Å². The highest BCUT2D eigenvalue weighted by atomic mass is 16.1. The Morgan fingerprint density at radius 1 is 1.67 bits per heavy atom. The highest BCUT2D eigenvalue weighted by molar-refractivity contribution is 5.76. The van der Waals surface area contributed by atoms with Gasteiger partial charge in [-0.3, -0.25) is 4.79 Å². The van der Waals surface area contributed by atoms with E-state index in [1.165, 1.54) is 0 Å². The van der Waals surface area contributed by atoms with Crippen LogP contribution in [0, 0.1) is 5.92 Å². The van der Waals surface area contributed by atoms with Crippen molar-refractivity contribution in [2.45, 2.75) is 19.3 Å². The molecular formula is C9H17N5O. The molecule has 0 saturated carbocycles. The van der Waals surface area contributed by atoms with Crippen molar-refractivity contribution in [3.05, 3.63) is 10.4 Å². The molecule has 1 aliphatic heterocycles. The Labute approximate surface area is 89.0 Å². The van der Waals surface area contributed by atoms with Crippen LogP contribution in [0.2, 0.25) is 0 Å². The molecule has 1 atom stereocenters. The molecule has 6 heteroatoms. The van der Waals surface area contributed by atoms with Crippen molar-refractivity contribution in [3.63, 3.8) is 0 Å². The fourth-order valence-electron chi connectivity index (χ4n) is 1.90. The number of carbonyl (C=O) groups is 1. The van der Waals surface area contributed by atoms with Crippen molar-refractivity contribution in [3.8, 4) is 0 Å². The molecule has 0 radical (unpaired) electrons. The van der Waals surface area contributed by atoms with Gasteiger partial charge in [-0.1, -0.05) is 5.11 Å². The summed E-state index contributed by atoms with van der Waals surface area (Å²) >= 11 is 0. The maximum atomic E-state index is 11.0. The molecule has 0 bridgehead atoms. The number of carbonyl (C=O) groups excluding carboxylic acids is 1. The van der Waals surface area contributed by atoms with Crippen molar-refractivity contribution in [1.29, 1.82) is 0 Å². The first kappa shape index (κ1) is 11.8. The van der Waals surface area contributed by atoms with Crippen LogP contribution in [0.3, 0.4) is 0 Å². The lowest BCUT2D eigenvalue weighted by atomic mass is 9.97. The number of hydrogen-bond acceptors (Lipinski definition) is 3. The maximum absolute atomic E-state index is 11.0. The third-order valence-electron chi connectivity index (χ3n) is 2.70. The first-order valence-electron chi connectivity index (χ1n) is 5.26. The van der Waals surface area contributed by atoms with Gasteiger partial charge in [0, 0.05) is 18.0 Å². The molecule has 1 heterocycles. The molecule has 1 fully saturated rings. The zero-order valence-corrected chi connectivity index (χ0v) is 8.80. The fourth-order valence-corrected chi connectivity index (χ4v) is 1.90. The Hall–Kier alpha value is -1.26. The average Bonchev–Trinajstić information content (AvgIpc) is 2.25. The van der Waals surface area contributed by atoms with Gasteiger partial charge in [0.25, 0.3) is 0 Å². The van der Waals surface area contributed by atoms with Gasteiger partial charge in [-0.2, -0.15) is 0 Å². The summed E-state index contributed by atoms with van der Waals surface area (Å²) in [6.45, 7) is 3.17. The Morgan fingerprint density at radius 3 is 3.13 bits per heavy atom. The predicted molar refractivity (Wildman–Crippen MR) is 57.0 cm³/mol. The molecule has 1 aliphatic rings. The van der Waals surface area contributed by atoms with Gasteiger partial charge in [0.05, 0.1) is 5.92 Å². The van der Waals surface area contributed by atoms with Gasteiger partial charge in [0.1, 0.15) is 0 Å². The number of rotatable bonds is 5. The molecule has 0 aromatic rings. The Bertz CT molecular complexity index is 261. The van der Waals surface area contributed by atoms with E-state index in [-0.39, 0.29) is 11.8 Å². The molecule has 6 nitrogen and oxygen atoms in total. The van der Waals surface area contributed by atoms with Gasteiger partial charge in [-0.05, 0) is 37.9 Å². The van der Waals surface area contributed by atoms with Gasteiger partial charge < -0.3 is 10.6 Å².